The van der Waals surface area contributed by atoms with E-state index in [9.17, 15) is 9.59 Å². The normalized spacial score (nSPS) is 18.7. The SMILES string of the molecule is O=C1CCC(C(=O)c2cnn(-c3ccccc3)c2)C1. The molecule has 0 saturated heterocycles. The quantitative estimate of drug-likeness (QED) is 0.790. The largest absolute Gasteiger partial charge is 0.300 e. The molecule has 1 aromatic heterocycles. The third-order valence-electron chi connectivity index (χ3n) is 3.50. The molecule has 1 unspecified atom stereocenters. The summed E-state index contributed by atoms with van der Waals surface area (Å²) in [4.78, 5) is 23.5. The fourth-order valence-corrected chi connectivity index (χ4v) is 2.45. The Labute approximate surface area is 111 Å². The monoisotopic (exact) mass is 254 g/mol. The van der Waals surface area contributed by atoms with Crippen LogP contribution in [-0.2, 0) is 4.79 Å². The number of benzene rings is 1. The maximum Gasteiger partial charge on any atom is 0.169 e. The third kappa shape index (κ3) is 2.34. The molecule has 1 aliphatic rings. The van der Waals surface area contributed by atoms with Crippen LogP contribution in [-0.4, -0.2) is 21.3 Å². The minimum atomic E-state index is -0.152. The average Bonchev–Trinajstić information content (AvgIpc) is 3.08. The van der Waals surface area contributed by atoms with Crippen molar-refractivity contribution in [2.24, 2.45) is 5.92 Å². The molecule has 4 heteroatoms. The fraction of sp³-hybridized carbons (Fsp3) is 0.267. The van der Waals surface area contributed by atoms with E-state index in [1.165, 1.54) is 0 Å². The highest BCUT2D eigenvalue weighted by Crippen LogP contribution is 2.25. The lowest BCUT2D eigenvalue weighted by atomic mass is 9.99. The number of Topliss-reactive ketones (excluding diaryl/α,β-unsaturated/α-hetero) is 2. The molecule has 0 spiro atoms. The van der Waals surface area contributed by atoms with Crippen molar-refractivity contribution in [2.75, 3.05) is 0 Å². The fourth-order valence-electron chi connectivity index (χ4n) is 2.45. The van der Waals surface area contributed by atoms with Crippen LogP contribution in [0.4, 0.5) is 0 Å². The first-order valence-corrected chi connectivity index (χ1v) is 6.40. The molecule has 3 rings (SSSR count). The van der Waals surface area contributed by atoms with Crippen LogP contribution in [0.1, 0.15) is 29.6 Å². The molecule has 0 bridgehead atoms. The molecular formula is C15H14N2O2. The minimum absolute atomic E-state index is 0.0352. The molecule has 1 aromatic carbocycles. The van der Waals surface area contributed by atoms with Crippen LogP contribution >= 0.6 is 0 Å². The van der Waals surface area contributed by atoms with Crippen molar-refractivity contribution < 1.29 is 9.59 Å². The summed E-state index contributed by atoms with van der Waals surface area (Å²) in [5, 5.41) is 4.21. The van der Waals surface area contributed by atoms with Crippen LogP contribution < -0.4 is 0 Å². The van der Waals surface area contributed by atoms with Crippen LogP contribution in [0.2, 0.25) is 0 Å². The molecule has 96 valence electrons. The standard InChI is InChI=1S/C15H14N2O2/c18-14-7-6-11(8-14)15(19)12-9-16-17(10-12)13-4-2-1-3-5-13/h1-5,9-11H,6-8H2. The van der Waals surface area contributed by atoms with E-state index in [-0.39, 0.29) is 17.5 Å². The molecule has 1 fully saturated rings. The first-order chi connectivity index (χ1) is 9.24. The van der Waals surface area contributed by atoms with Gasteiger partial charge in [-0.15, -0.1) is 0 Å². The summed E-state index contributed by atoms with van der Waals surface area (Å²) >= 11 is 0. The Kier molecular flexibility index (Phi) is 2.99. The highest BCUT2D eigenvalue weighted by molar-refractivity contribution is 6.01. The second-order valence-corrected chi connectivity index (χ2v) is 4.85. The molecule has 0 amide bonds. The van der Waals surface area contributed by atoms with Crippen molar-refractivity contribution in [2.45, 2.75) is 19.3 Å². The lowest BCUT2D eigenvalue weighted by Gasteiger charge is -2.03. The minimum Gasteiger partial charge on any atom is -0.300 e. The number of carbonyl (C=O) groups is 2. The van der Waals surface area contributed by atoms with Gasteiger partial charge in [-0.1, -0.05) is 18.2 Å². The maximum atomic E-state index is 12.2. The van der Waals surface area contributed by atoms with Gasteiger partial charge in [-0.2, -0.15) is 5.10 Å². The molecule has 0 aliphatic heterocycles. The number of aromatic nitrogens is 2. The van der Waals surface area contributed by atoms with E-state index >= 15 is 0 Å². The third-order valence-corrected chi connectivity index (χ3v) is 3.50. The Hall–Kier alpha value is -2.23. The summed E-state index contributed by atoms with van der Waals surface area (Å²) in [6.07, 6.45) is 4.91. The Morgan fingerprint density at radius 2 is 2.05 bits per heavy atom. The van der Waals surface area contributed by atoms with Gasteiger partial charge in [-0.3, -0.25) is 9.59 Å². The molecule has 19 heavy (non-hydrogen) atoms. The first-order valence-electron chi connectivity index (χ1n) is 6.40. The highest BCUT2D eigenvalue weighted by Gasteiger charge is 2.29. The van der Waals surface area contributed by atoms with Crippen molar-refractivity contribution in [3.05, 3.63) is 48.3 Å². The summed E-state index contributed by atoms with van der Waals surface area (Å²) in [5.74, 6) is 0.0720. The van der Waals surface area contributed by atoms with E-state index in [0.717, 1.165) is 5.69 Å². The molecule has 4 nitrogen and oxygen atoms in total. The zero-order valence-corrected chi connectivity index (χ0v) is 10.5. The van der Waals surface area contributed by atoms with E-state index in [4.69, 9.17) is 0 Å². The average molecular weight is 254 g/mol. The topological polar surface area (TPSA) is 52.0 Å². The van der Waals surface area contributed by atoms with Gasteiger partial charge in [0, 0.05) is 25.0 Å². The van der Waals surface area contributed by atoms with Gasteiger partial charge < -0.3 is 0 Å². The predicted molar refractivity (Wildman–Crippen MR) is 70.2 cm³/mol. The van der Waals surface area contributed by atoms with Crippen LogP contribution in [0.5, 0.6) is 0 Å². The van der Waals surface area contributed by atoms with Gasteiger partial charge >= 0.3 is 0 Å². The maximum absolute atomic E-state index is 12.2. The van der Waals surface area contributed by atoms with Gasteiger partial charge in [0.1, 0.15) is 5.78 Å². The number of ketones is 2. The van der Waals surface area contributed by atoms with Crippen molar-refractivity contribution in [3.8, 4) is 5.69 Å². The summed E-state index contributed by atoms with van der Waals surface area (Å²) in [5.41, 5.74) is 1.51. The zero-order valence-electron chi connectivity index (χ0n) is 10.5. The number of nitrogens with zero attached hydrogens (tertiary/aromatic N) is 2. The summed E-state index contributed by atoms with van der Waals surface area (Å²) in [6, 6.07) is 9.65. The Balaban J connectivity index is 1.82. The van der Waals surface area contributed by atoms with Crippen LogP contribution in [0, 0.1) is 5.92 Å². The molecular weight excluding hydrogens is 240 g/mol. The van der Waals surface area contributed by atoms with Gasteiger partial charge in [0.2, 0.25) is 0 Å². The summed E-state index contributed by atoms with van der Waals surface area (Å²) in [7, 11) is 0. The van der Waals surface area contributed by atoms with Gasteiger partial charge in [-0.05, 0) is 18.6 Å². The number of hydrogen-bond acceptors (Lipinski definition) is 3. The molecule has 0 radical (unpaired) electrons. The Morgan fingerprint density at radius 1 is 1.26 bits per heavy atom. The summed E-state index contributed by atoms with van der Waals surface area (Å²) < 4.78 is 1.68. The molecule has 2 aromatic rings. The predicted octanol–water partition coefficient (Wildman–Crippen LogP) is 2.42. The van der Waals surface area contributed by atoms with Gasteiger partial charge in [0.25, 0.3) is 0 Å². The van der Waals surface area contributed by atoms with E-state index in [2.05, 4.69) is 5.10 Å². The van der Waals surface area contributed by atoms with E-state index < -0.39 is 0 Å². The molecule has 1 atom stereocenters. The summed E-state index contributed by atoms with van der Waals surface area (Å²) in [6.45, 7) is 0. The highest BCUT2D eigenvalue weighted by atomic mass is 16.1. The van der Waals surface area contributed by atoms with Crippen molar-refractivity contribution in [1.29, 1.82) is 0 Å². The Bertz CT molecular complexity index is 616. The van der Waals surface area contributed by atoms with E-state index in [1.54, 1.807) is 17.1 Å². The first kappa shape index (κ1) is 11.8. The smallest absolute Gasteiger partial charge is 0.169 e. The zero-order chi connectivity index (χ0) is 13.2. The van der Waals surface area contributed by atoms with E-state index in [0.29, 0.717) is 24.8 Å². The van der Waals surface area contributed by atoms with Gasteiger partial charge in [0.05, 0.1) is 17.4 Å². The lowest BCUT2D eigenvalue weighted by molar-refractivity contribution is -0.117. The second kappa shape index (κ2) is 4.80. The van der Waals surface area contributed by atoms with Gasteiger partial charge in [-0.25, -0.2) is 4.68 Å². The number of carbonyl (C=O) groups excluding carboxylic acids is 2. The van der Waals surface area contributed by atoms with Crippen molar-refractivity contribution in [1.82, 2.24) is 9.78 Å². The van der Waals surface area contributed by atoms with Crippen LogP contribution in [0.25, 0.3) is 5.69 Å². The van der Waals surface area contributed by atoms with Gasteiger partial charge in [0.15, 0.2) is 5.78 Å². The number of para-hydroxylation sites is 1. The second-order valence-electron chi connectivity index (χ2n) is 4.85. The molecule has 1 heterocycles. The molecule has 1 saturated carbocycles. The molecule has 1 aliphatic carbocycles. The van der Waals surface area contributed by atoms with Crippen molar-refractivity contribution in [3.63, 3.8) is 0 Å². The van der Waals surface area contributed by atoms with E-state index in [1.807, 2.05) is 30.3 Å². The number of hydrogen-bond donors (Lipinski definition) is 0. The molecule has 0 N–H and O–H groups in total. The Morgan fingerprint density at radius 3 is 2.74 bits per heavy atom. The van der Waals surface area contributed by atoms with Crippen LogP contribution in [0.15, 0.2) is 42.7 Å². The lowest BCUT2D eigenvalue weighted by Crippen LogP contribution is -2.11. The van der Waals surface area contributed by atoms with Crippen molar-refractivity contribution >= 4 is 11.6 Å². The number of rotatable bonds is 3. The van der Waals surface area contributed by atoms with Crippen LogP contribution in [0.3, 0.4) is 0 Å².